The van der Waals surface area contributed by atoms with Crippen LogP contribution in [0, 0.1) is 0 Å². The number of aromatic nitrogens is 1. The highest BCUT2D eigenvalue weighted by molar-refractivity contribution is 6.10. The molecule has 23 heavy (non-hydrogen) atoms. The second-order valence-corrected chi connectivity index (χ2v) is 5.45. The van der Waals surface area contributed by atoms with E-state index >= 15 is 0 Å². The van der Waals surface area contributed by atoms with Crippen molar-refractivity contribution in [2.45, 2.75) is 13.0 Å². The van der Waals surface area contributed by atoms with E-state index in [-0.39, 0.29) is 24.4 Å². The summed E-state index contributed by atoms with van der Waals surface area (Å²) < 4.78 is 0. The number of carbonyl (C=O) groups excluding carboxylic acids is 2. The second kappa shape index (κ2) is 6.04. The molecule has 0 radical (unpaired) electrons. The first-order chi connectivity index (χ1) is 11.1. The van der Waals surface area contributed by atoms with E-state index in [0.29, 0.717) is 11.3 Å². The summed E-state index contributed by atoms with van der Waals surface area (Å²) in [5, 5.41) is 2.89. The van der Waals surface area contributed by atoms with Crippen molar-refractivity contribution in [3.8, 4) is 0 Å². The summed E-state index contributed by atoms with van der Waals surface area (Å²) in [6.07, 6.45) is 3.36. The molecule has 3 rings (SSSR count). The topological polar surface area (TPSA) is 62.3 Å². The Balaban J connectivity index is 1.68. The van der Waals surface area contributed by atoms with Crippen LogP contribution in [0.15, 0.2) is 55.4 Å². The fourth-order valence-electron chi connectivity index (χ4n) is 2.67. The van der Waals surface area contributed by atoms with Gasteiger partial charge in [0, 0.05) is 29.2 Å². The van der Waals surface area contributed by atoms with Crippen molar-refractivity contribution >= 4 is 17.5 Å². The summed E-state index contributed by atoms with van der Waals surface area (Å²) in [5.41, 5.74) is 2.90. The van der Waals surface area contributed by atoms with Crippen molar-refractivity contribution in [3.63, 3.8) is 0 Å². The second-order valence-electron chi connectivity index (χ2n) is 5.45. The van der Waals surface area contributed by atoms with E-state index in [4.69, 9.17) is 0 Å². The van der Waals surface area contributed by atoms with Crippen LogP contribution < -0.4 is 5.32 Å². The number of amides is 2. The molecular weight excluding hydrogens is 290 g/mol. The zero-order valence-electron chi connectivity index (χ0n) is 12.8. The van der Waals surface area contributed by atoms with Gasteiger partial charge in [0.15, 0.2) is 0 Å². The monoisotopic (exact) mass is 307 g/mol. The third-order valence-electron chi connectivity index (χ3n) is 3.92. The van der Waals surface area contributed by atoms with Gasteiger partial charge in [-0.25, -0.2) is 0 Å². The molecule has 0 fully saturated rings. The zero-order chi connectivity index (χ0) is 16.4. The number of fused-ring (bicyclic) bond motifs is 1. The van der Waals surface area contributed by atoms with Crippen LogP contribution in [-0.2, 0) is 4.79 Å². The number of hydrogen-bond donors (Lipinski definition) is 1. The number of carbonyl (C=O) groups is 2. The van der Waals surface area contributed by atoms with Crippen LogP contribution in [0.3, 0.4) is 0 Å². The average molecular weight is 307 g/mol. The van der Waals surface area contributed by atoms with Crippen molar-refractivity contribution in [2.24, 2.45) is 0 Å². The van der Waals surface area contributed by atoms with Crippen LogP contribution in [0.5, 0.6) is 0 Å². The Morgan fingerprint density at radius 1 is 1.22 bits per heavy atom. The molecule has 2 heterocycles. The van der Waals surface area contributed by atoms with Gasteiger partial charge in [0.2, 0.25) is 5.91 Å². The van der Waals surface area contributed by atoms with Gasteiger partial charge in [0.1, 0.15) is 6.54 Å². The van der Waals surface area contributed by atoms with Crippen molar-refractivity contribution < 1.29 is 9.59 Å². The zero-order valence-corrected chi connectivity index (χ0v) is 12.8. The molecule has 1 atom stereocenters. The lowest BCUT2D eigenvalue weighted by Gasteiger charge is -2.19. The van der Waals surface area contributed by atoms with Gasteiger partial charge in [-0.05, 0) is 30.7 Å². The molecule has 2 amide bonds. The molecule has 0 spiro atoms. The minimum Gasteiger partial charge on any atom is -0.348 e. The lowest BCUT2D eigenvalue weighted by molar-refractivity contribution is -0.121. The van der Waals surface area contributed by atoms with Gasteiger partial charge >= 0.3 is 0 Å². The Hall–Kier alpha value is -2.95. The van der Waals surface area contributed by atoms with E-state index < -0.39 is 0 Å². The molecule has 1 unspecified atom stereocenters. The maximum absolute atomic E-state index is 12.4. The maximum Gasteiger partial charge on any atom is 0.259 e. The third-order valence-corrected chi connectivity index (χ3v) is 3.92. The molecule has 5 nitrogen and oxygen atoms in total. The highest BCUT2D eigenvalue weighted by atomic mass is 16.2. The van der Waals surface area contributed by atoms with Crippen LogP contribution in [0.1, 0.15) is 34.5 Å². The summed E-state index contributed by atoms with van der Waals surface area (Å²) in [5.74, 6) is -0.408. The molecule has 0 aliphatic carbocycles. The average Bonchev–Trinajstić information content (AvgIpc) is 2.81. The quantitative estimate of drug-likeness (QED) is 0.943. The van der Waals surface area contributed by atoms with Gasteiger partial charge in [-0.3, -0.25) is 19.5 Å². The minimum absolute atomic E-state index is 0.0399. The highest BCUT2D eigenvalue weighted by Crippen LogP contribution is 2.30. The fourth-order valence-corrected chi connectivity index (χ4v) is 2.67. The fraction of sp³-hybridized carbons (Fsp3) is 0.167. The van der Waals surface area contributed by atoms with Crippen molar-refractivity contribution in [2.75, 3.05) is 6.54 Å². The number of nitrogens with one attached hydrogen (secondary N) is 1. The van der Waals surface area contributed by atoms with Gasteiger partial charge < -0.3 is 5.32 Å². The SMILES string of the molecule is C=C1c2ccccc2C(=O)N1CC(=O)NC(C)c1ccncc1. The molecule has 1 aromatic carbocycles. The van der Waals surface area contributed by atoms with Gasteiger partial charge in [0.25, 0.3) is 5.91 Å². The van der Waals surface area contributed by atoms with E-state index in [1.165, 1.54) is 4.90 Å². The van der Waals surface area contributed by atoms with E-state index in [0.717, 1.165) is 11.1 Å². The lowest BCUT2D eigenvalue weighted by Crippen LogP contribution is -2.37. The van der Waals surface area contributed by atoms with Gasteiger partial charge in [-0.15, -0.1) is 0 Å². The molecular formula is C18H17N3O2. The molecule has 1 aliphatic rings. The molecule has 1 aromatic heterocycles. The van der Waals surface area contributed by atoms with Crippen LogP contribution >= 0.6 is 0 Å². The third kappa shape index (κ3) is 2.85. The molecule has 2 aromatic rings. The molecule has 0 saturated carbocycles. The number of rotatable bonds is 4. The van der Waals surface area contributed by atoms with Crippen LogP contribution in [0.25, 0.3) is 5.70 Å². The largest absolute Gasteiger partial charge is 0.348 e. The molecule has 0 bridgehead atoms. The molecule has 1 aliphatic heterocycles. The van der Waals surface area contributed by atoms with E-state index in [1.54, 1.807) is 24.5 Å². The first-order valence-electron chi connectivity index (χ1n) is 7.37. The Kier molecular flexibility index (Phi) is 3.93. The molecule has 116 valence electrons. The highest BCUT2D eigenvalue weighted by Gasteiger charge is 2.32. The van der Waals surface area contributed by atoms with Crippen molar-refractivity contribution in [3.05, 3.63) is 72.1 Å². The summed E-state index contributed by atoms with van der Waals surface area (Å²) in [7, 11) is 0. The number of nitrogens with zero attached hydrogens (tertiary/aromatic N) is 2. The Labute approximate surface area is 134 Å². The predicted octanol–water partition coefficient (Wildman–Crippen LogP) is 2.39. The van der Waals surface area contributed by atoms with Crippen molar-refractivity contribution in [1.29, 1.82) is 0 Å². The summed E-state index contributed by atoms with van der Waals surface area (Å²) in [6.45, 7) is 5.79. The Bertz CT molecular complexity index is 736. The van der Waals surface area contributed by atoms with Gasteiger partial charge in [-0.2, -0.15) is 0 Å². The molecule has 1 N–H and O–H groups in total. The first kappa shape index (κ1) is 15.0. The lowest BCUT2D eigenvalue weighted by atomic mass is 10.1. The van der Waals surface area contributed by atoms with Crippen LogP contribution in [0.4, 0.5) is 0 Å². The van der Waals surface area contributed by atoms with E-state index in [9.17, 15) is 9.59 Å². The predicted molar refractivity (Wildman–Crippen MR) is 87.3 cm³/mol. The van der Waals surface area contributed by atoms with E-state index in [2.05, 4.69) is 16.9 Å². The Morgan fingerprint density at radius 2 is 1.87 bits per heavy atom. The maximum atomic E-state index is 12.4. The Morgan fingerprint density at radius 3 is 2.52 bits per heavy atom. The van der Waals surface area contributed by atoms with E-state index in [1.807, 2.05) is 31.2 Å². The molecule has 0 saturated heterocycles. The normalized spacial score (nSPS) is 14.6. The first-order valence-corrected chi connectivity index (χ1v) is 7.37. The number of benzene rings is 1. The smallest absolute Gasteiger partial charge is 0.259 e. The summed E-state index contributed by atoms with van der Waals surface area (Å²) in [6, 6.07) is 10.8. The summed E-state index contributed by atoms with van der Waals surface area (Å²) >= 11 is 0. The van der Waals surface area contributed by atoms with Crippen molar-refractivity contribution in [1.82, 2.24) is 15.2 Å². The minimum atomic E-state index is -0.225. The molecule has 5 heteroatoms. The van der Waals surface area contributed by atoms with Gasteiger partial charge in [0.05, 0.1) is 6.04 Å². The van der Waals surface area contributed by atoms with Crippen LogP contribution in [-0.4, -0.2) is 28.2 Å². The van der Waals surface area contributed by atoms with Gasteiger partial charge in [-0.1, -0.05) is 24.8 Å². The number of hydrogen-bond acceptors (Lipinski definition) is 3. The number of pyridine rings is 1. The standard InChI is InChI=1S/C18H17N3O2/c1-12(14-7-9-19-10-8-14)20-17(22)11-21-13(2)15-5-3-4-6-16(15)18(21)23/h3-10,12H,2,11H2,1H3,(H,20,22). The summed E-state index contributed by atoms with van der Waals surface area (Å²) in [4.78, 5) is 30.0. The van der Waals surface area contributed by atoms with Crippen LogP contribution in [0.2, 0.25) is 0 Å².